The minimum atomic E-state index is -4.05. The number of hydrogen-bond acceptors (Lipinski definition) is 5. The summed E-state index contributed by atoms with van der Waals surface area (Å²) in [5.74, 6) is -0.00347. The number of aryl methyl sites for hydroxylation is 3. The fourth-order valence-electron chi connectivity index (χ4n) is 4.47. The van der Waals surface area contributed by atoms with E-state index in [9.17, 15) is 13.2 Å². The van der Waals surface area contributed by atoms with Crippen LogP contribution in [0.25, 0.3) is 5.69 Å². The third kappa shape index (κ3) is 6.26. The molecule has 0 saturated carbocycles. The van der Waals surface area contributed by atoms with Crippen LogP contribution in [-0.4, -0.2) is 38.3 Å². The van der Waals surface area contributed by atoms with Gasteiger partial charge in [-0.25, -0.2) is 13.8 Å². The molecular weight excluding hydrogens is 524 g/mol. The second kappa shape index (κ2) is 12.2. The maximum atomic E-state index is 13.6. The zero-order valence-electron chi connectivity index (χ0n) is 23.4. The van der Waals surface area contributed by atoms with Gasteiger partial charge in [0.15, 0.2) is 0 Å². The van der Waals surface area contributed by atoms with Crippen molar-refractivity contribution in [3.63, 3.8) is 0 Å². The molecule has 9 heteroatoms. The number of sulfonamides is 1. The Labute approximate surface area is 236 Å². The van der Waals surface area contributed by atoms with Crippen molar-refractivity contribution in [2.24, 2.45) is 5.10 Å². The Balaban J connectivity index is 1.55. The van der Waals surface area contributed by atoms with Gasteiger partial charge in [-0.15, -0.1) is 0 Å². The Hall–Kier alpha value is -4.37. The van der Waals surface area contributed by atoms with Gasteiger partial charge in [-0.3, -0.25) is 9.10 Å². The molecule has 4 rings (SSSR count). The summed E-state index contributed by atoms with van der Waals surface area (Å²) in [5, 5.41) is 4.14. The quantitative estimate of drug-likeness (QED) is 0.207. The zero-order chi connectivity index (χ0) is 28.9. The van der Waals surface area contributed by atoms with Gasteiger partial charge in [0.25, 0.3) is 15.9 Å². The average molecular weight is 559 g/mol. The summed E-state index contributed by atoms with van der Waals surface area (Å²) in [4.78, 5) is 13.0. The van der Waals surface area contributed by atoms with Crippen LogP contribution >= 0.6 is 0 Å². The molecule has 208 valence electrons. The molecule has 0 bridgehead atoms. The first-order chi connectivity index (χ1) is 19.1. The molecule has 1 N–H and O–H groups in total. The molecule has 0 fully saturated rings. The van der Waals surface area contributed by atoms with Crippen LogP contribution in [0.3, 0.4) is 0 Å². The van der Waals surface area contributed by atoms with Crippen molar-refractivity contribution in [1.82, 2.24) is 9.99 Å². The Morgan fingerprint density at radius 3 is 2.30 bits per heavy atom. The molecule has 1 heterocycles. The van der Waals surface area contributed by atoms with Gasteiger partial charge in [-0.2, -0.15) is 5.10 Å². The van der Waals surface area contributed by atoms with Crippen LogP contribution in [0.5, 0.6) is 5.75 Å². The molecule has 40 heavy (non-hydrogen) atoms. The number of nitrogens with one attached hydrogen (secondary N) is 1. The predicted octanol–water partition coefficient (Wildman–Crippen LogP) is 5.46. The fraction of sp³-hybridized carbons (Fsp3) is 0.226. The molecule has 0 aliphatic rings. The summed E-state index contributed by atoms with van der Waals surface area (Å²) in [5.41, 5.74) is 8.92. The number of amides is 1. The van der Waals surface area contributed by atoms with E-state index < -0.39 is 22.5 Å². The van der Waals surface area contributed by atoms with Crippen LogP contribution in [-0.2, 0) is 14.8 Å². The third-order valence-corrected chi connectivity index (χ3v) is 8.34. The number of hydrazone groups is 1. The van der Waals surface area contributed by atoms with Gasteiger partial charge in [-0.05, 0) is 88.7 Å². The van der Waals surface area contributed by atoms with Gasteiger partial charge in [0.05, 0.1) is 23.4 Å². The monoisotopic (exact) mass is 558 g/mol. The lowest BCUT2D eigenvalue weighted by molar-refractivity contribution is -0.119. The van der Waals surface area contributed by atoms with Crippen LogP contribution < -0.4 is 14.5 Å². The van der Waals surface area contributed by atoms with Gasteiger partial charge in [-0.1, -0.05) is 35.9 Å². The van der Waals surface area contributed by atoms with Crippen molar-refractivity contribution in [1.29, 1.82) is 0 Å². The van der Waals surface area contributed by atoms with Crippen LogP contribution in [0.2, 0.25) is 0 Å². The molecule has 1 aromatic heterocycles. The molecule has 0 aliphatic heterocycles. The SMILES string of the molecule is CCOc1ccc(S(=O)(=O)N(CC(=O)N/N=C/c2cc(C)n(-c3ccccc3C)c2C)c2ccc(C)cc2)cc1. The molecule has 4 aromatic rings. The van der Waals surface area contributed by atoms with Gasteiger partial charge in [0.2, 0.25) is 0 Å². The molecular formula is C31H34N4O4S. The number of ether oxygens (including phenoxy) is 1. The first-order valence-electron chi connectivity index (χ1n) is 13.0. The van der Waals surface area contributed by atoms with Crippen molar-refractivity contribution < 1.29 is 17.9 Å². The second-order valence-electron chi connectivity index (χ2n) is 9.49. The van der Waals surface area contributed by atoms with Crippen molar-refractivity contribution in [3.8, 4) is 11.4 Å². The van der Waals surface area contributed by atoms with E-state index in [2.05, 4.69) is 34.2 Å². The lowest BCUT2D eigenvalue weighted by Crippen LogP contribution is -2.39. The highest BCUT2D eigenvalue weighted by atomic mass is 32.2. The van der Waals surface area contributed by atoms with E-state index in [1.165, 1.54) is 12.1 Å². The second-order valence-corrected chi connectivity index (χ2v) is 11.4. The normalized spacial score (nSPS) is 11.5. The number of carbonyl (C=O) groups excluding carboxylic acids is 1. The van der Waals surface area contributed by atoms with Crippen LogP contribution in [0, 0.1) is 27.7 Å². The van der Waals surface area contributed by atoms with Crippen molar-refractivity contribution in [2.45, 2.75) is 39.5 Å². The lowest BCUT2D eigenvalue weighted by atomic mass is 10.2. The van der Waals surface area contributed by atoms with Gasteiger partial charge < -0.3 is 9.30 Å². The Morgan fingerprint density at radius 1 is 0.975 bits per heavy atom. The molecule has 0 aliphatic carbocycles. The molecule has 0 saturated heterocycles. The summed E-state index contributed by atoms with van der Waals surface area (Å²) in [6.45, 7) is 9.85. The number of para-hydroxylation sites is 1. The Kier molecular flexibility index (Phi) is 8.74. The summed E-state index contributed by atoms with van der Waals surface area (Å²) in [7, 11) is -4.05. The molecule has 0 atom stereocenters. The van der Waals surface area contributed by atoms with Crippen molar-refractivity contribution >= 4 is 27.8 Å². The topological polar surface area (TPSA) is 93.0 Å². The van der Waals surface area contributed by atoms with Crippen LogP contribution in [0.4, 0.5) is 5.69 Å². The number of anilines is 1. The van der Waals surface area contributed by atoms with E-state index in [0.29, 0.717) is 18.0 Å². The molecule has 0 spiro atoms. The Morgan fingerprint density at radius 2 is 1.65 bits per heavy atom. The lowest BCUT2D eigenvalue weighted by Gasteiger charge is -2.24. The van der Waals surface area contributed by atoms with E-state index in [4.69, 9.17) is 4.74 Å². The smallest absolute Gasteiger partial charge is 0.264 e. The maximum Gasteiger partial charge on any atom is 0.264 e. The third-order valence-electron chi connectivity index (χ3n) is 6.55. The Bertz CT molecular complexity index is 1620. The van der Waals surface area contributed by atoms with Crippen LogP contribution in [0.15, 0.2) is 88.9 Å². The summed E-state index contributed by atoms with van der Waals surface area (Å²) in [6, 6.07) is 23.2. The predicted molar refractivity (Wildman–Crippen MR) is 159 cm³/mol. The summed E-state index contributed by atoms with van der Waals surface area (Å²) in [6.07, 6.45) is 1.58. The number of nitrogens with zero attached hydrogens (tertiary/aromatic N) is 3. The van der Waals surface area contributed by atoms with Gasteiger partial charge >= 0.3 is 0 Å². The summed E-state index contributed by atoms with van der Waals surface area (Å²) >= 11 is 0. The number of carbonyl (C=O) groups is 1. The molecule has 0 unspecified atom stereocenters. The largest absolute Gasteiger partial charge is 0.494 e. The van der Waals surface area contributed by atoms with Gasteiger partial charge in [0.1, 0.15) is 12.3 Å². The van der Waals surface area contributed by atoms with E-state index >= 15 is 0 Å². The zero-order valence-corrected chi connectivity index (χ0v) is 24.2. The number of rotatable bonds is 10. The van der Waals surface area contributed by atoms with Crippen LogP contribution in [0.1, 0.15) is 35.0 Å². The van der Waals surface area contributed by atoms with E-state index in [-0.39, 0.29) is 4.90 Å². The van der Waals surface area contributed by atoms with E-state index in [1.54, 1.807) is 42.6 Å². The van der Waals surface area contributed by atoms with Gasteiger partial charge in [0, 0.05) is 22.6 Å². The highest BCUT2D eigenvalue weighted by Gasteiger charge is 2.27. The number of hydrogen-bond donors (Lipinski definition) is 1. The minimum Gasteiger partial charge on any atom is -0.494 e. The van der Waals surface area contributed by atoms with E-state index in [1.807, 2.05) is 45.9 Å². The standard InChI is InChI=1S/C31H34N4O4S/c1-6-39-28-15-17-29(18-16-28)40(37,38)34(27-13-11-22(2)12-14-27)21-31(36)33-32-20-26-19-24(4)35(25(26)5)30-10-8-7-9-23(30)3/h7-20H,6,21H2,1-5H3,(H,33,36)/b32-20+. The first kappa shape index (κ1) is 28.6. The maximum absolute atomic E-state index is 13.6. The minimum absolute atomic E-state index is 0.0523. The number of aromatic nitrogens is 1. The highest BCUT2D eigenvalue weighted by molar-refractivity contribution is 7.92. The average Bonchev–Trinajstić information content (AvgIpc) is 3.21. The van der Waals surface area contributed by atoms with Crippen molar-refractivity contribution in [3.05, 3.63) is 107 Å². The molecule has 1 amide bonds. The molecule has 0 radical (unpaired) electrons. The van der Waals surface area contributed by atoms with E-state index in [0.717, 1.165) is 38.1 Å². The fourth-order valence-corrected chi connectivity index (χ4v) is 5.89. The number of benzene rings is 3. The summed E-state index contributed by atoms with van der Waals surface area (Å²) < 4.78 is 35.9. The van der Waals surface area contributed by atoms with Crippen molar-refractivity contribution in [2.75, 3.05) is 17.5 Å². The first-order valence-corrected chi connectivity index (χ1v) is 14.4. The highest BCUT2D eigenvalue weighted by Crippen LogP contribution is 2.26. The molecule has 8 nitrogen and oxygen atoms in total. The molecule has 3 aromatic carbocycles.